The smallest absolute Gasteiger partial charge is 0.306 e. The van der Waals surface area contributed by atoms with Crippen molar-refractivity contribution in [3.8, 4) is 0 Å². The lowest BCUT2D eigenvalue weighted by Crippen LogP contribution is -2.46. The zero-order valence-corrected chi connectivity index (χ0v) is 12.8. The van der Waals surface area contributed by atoms with E-state index in [1.165, 1.54) is 5.56 Å². The summed E-state index contributed by atoms with van der Waals surface area (Å²) < 4.78 is 5.38. The zero-order chi connectivity index (χ0) is 15.2. The van der Waals surface area contributed by atoms with Crippen LogP contribution in [0.3, 0.4) is 0 Å². The third-order valence-corrected chi connectivity index (χ3v) is 3.96. The third kappa shape index (κ3) is 4.47. The van der Waals surface area contributed by atoms with Crippen molar-refractivity contribution in [1.82, 2.24) is 4.90 Å². The summed E-state index contributed by atoms with van der Waals surface area (Å²) in [6.07, 6.45) is 1.54. The van der Waals surface area contributed by atoms with Crippen molar-refractivity contribution in [3.63, 3.8) is 0 Å². The first-order valence-electron chi connectivity index (χ1n) is 6.80. The van der Waals surface area contributed by atoms with Crippen molar-refractivity contribution in [3.05, 3.63) is 35.4 Å². The number of nitrogens with zero attached hydrogens (tertiary/aromatic N) is 1. The van der Waals surface area contributed by atoms with Crippen LogP contribution in [-0.4, -0.2) is 53.9 Å². The molecule has 1 heterocycles. The number of rotatable bonds is 5. The van der Waals surface area contributed by atoms with Crippen molar-refractivity contribution >= 4 is 23.6 Å². The summed E-state index contributed by atoms with van der Waals surface area (Å²) in [5, 5.41) is 8.80. The standard InChI is InChI=1S/C15H19NO4S/c1-21-10-11-2-4-12(5-3-11)15(19)16-6-7-20-13(9-16)8-14(17)18/h2-5,13H,6-10H2,1H3,(H,17,18). The fraction of sp³-hybridized carbons (Fsp3) is 0.467. The summed E-state index contributed by atoms with van der Waals surface area (Å²) in [5.41, 5.74) is 1.82. The summed E-state index contributed by atoms with van der Waals surface area (Å²) in [7, 11) is 0. The van der Waals surface area contributed by atoms with Crippen LogP contribution in [0, 0.1) is 0 Å². The van der Waals surface area contributed by atoms with Gasteiger partial charge in [0, 0.05) is 24.4 Å². The molecule has 1 N–H and O–H groups in total. The summed E-state index contributed by atoms with van der Waals surface area (Å²) in [6, 6.07) is 7.57. The van der Waals surface area contributed by atoms with Gasteiger partial charge in [0.2, 0.25) is 0 Å². The van der Waals surface area contributed by atoms with E-state index in [9.17, 15) is 9.59 Å². The molecule has 21 heavy (non-hydrogen) atoms. The molecule has 114 valence electrons. The first kappa shape index (κ1) is 15.9. The van der Waals surface area contributed by atoms with Gasteiger partial charge in [-0.15, -0.1) is 0 Å². The number of carboxylic acid groups (broad SMARTS) is 1. The highest BCUT2D eigenvalue weighted by atomic mass is 32.2. The third-order valence-electron chi connectivity index (χ3n) is 3.34. The van der Waals surface area contributed by atoms with E-state index >= 15 is 0 Å². The van der Waals surface area contributed by atoms with Gasteiger partial charge in [0.25, 0.3) is 5.91 Å². The molecule has 6 heteroatoms. The first-order valence-corrected chi connectivity index (χ1v) is 8.20. The number of carbonyl (C=O) groups is 2. The summed E-state index contributed by atoms with van der Waals surface area (Å²) in [4.78, 5) is 24.8. The number of thioether (sulfide) groups is 1. The normalized spacial score (nSPS) is 18.5. The number of hydrogen-bond acceptors (Lipinski definition) is 4. The molecule has 1 unspecified atom stereocenters. The van der Waals surface area contributed by atoms with Gasteiger partial charge in [0.05, 0.1) is 19.1 Å². The molecule has 1 amide bonds. The van der Waals surface area contributed by atoms with Crippen LogP contribution >= 0.6 is 11.8 Å². The van der Waals surface area contributed by atoms with Gasteiger partial charge in [-0.2, -0.15) is 11.8 Å². The monoisotopic (exact) mass is 309 g/mol. The number of morpholine rings is 1. The molecular formula is C15H19NO4S. The first-order chi connectivity index (χ1) is 10.1. The minimum atomic E-state index is -0.907. The molecule has 0 saturated carbocycles. The maximum absolute atomic E-state index is 12.4. The Morgan fingerprint density at radius 3 is 2.71 bits per heavy atom. The van der Waals surface area contributed by atoms with Crippen molar-refractivity contribution in [2.24, 2.45) is 0 Å². The quantitative estimate of drug-likeness (QED) is 0.899. The Kier molecular flexibility index (Phi) is 5.64. The Morgan fingerprint density at radius 1 is 1.38 bits per heavy atom. The van der Waals surface area contributed by atoms with Gasteiger partial charge in [0.1, 0.15) is 0 Å². The minimum absolute atomic E-state index is 0.0654. The van der Waals surface area contributed by atoms with Gasteiger partial charge in [-0.3, -0.25) is 9.59 Å². The molecular weight excluding hydrogens is 290 g/mol. The molecule has 0 spiro atoms. The van der Waals surface area contributed by atoms with Crippen molar-refractivity contribution in [2.75, 3.05) is 26.0 Å². The Hall–Kier alpha value is -1.53. The number of hydrogen-bond donors (Lipinski definition) is 1. The largest absolute Gasteiger partial charge is 0.481 e. The Morgan fingerprint density at radius 2 is 2.10 bits per heavy atom. The lowest BCUT2D eigenvalue weighted by atomic mass is 10.1. The second-order valence-corrected chi connectivity index (χ2v) is 5.84. The lowest BCUT2D eigenvalue weighted by molar-refractivity contribution is -0.141. The van der Waals surface area contributed by atoms with Crippen LogP contribution in [0.15, 0.2) is 24.3 Å². The number of aliphatic carboxylic acids is 1. The van der Waals surface area contributed by atoms with Crippen LogP contribution in [-0.2, 0) is 15.3 Å². The maximum Gasteiger partial charge on any atom is 0.306 e. The second kappa shape index (κ2) is 7.47. The van der Waals surface area contributed by atoms with Crippen LogP contribution < -0.4 is 0 Å². The molecule has 5 nitrogen and oxygen atoms in total. The predicted octanol–water partition coefficient (Wildman–Crippen LogP) is 1.87. The van der Waals surface area contributed by atoms with E-state index in [1.54, 1.807) is 16.7 Å². The van der Waals surface area contributed by atoms with E-state index in [-0.39, 0.29) is 12.3 Å². The summed E-state index contributed by atoms with van der Waals surface area (Å²) >= 11 is 1.74. The molecule has 0 bridgehead atoms. The predicted molar refractivity (Wildman–Crippen MR) is 81.6 cm³/mol. The van der Waals surface area contributed by atoms with Gasteiger partial charge >= 0.3 is 5.97 Å². The molecule has 0 aliphatic carbocycles. The molecule has 1 aliphatic rings. The second-order valence-electron chi connectivity index (χ2n) is 4.97. The van der Waals surface area contributed by atoms with E-state index in [1.807, 2.05) is 30.5 Å². The van der Waals surface area contributed by atoms with E-state index in [4.69, 9.17) is 9.84 Å². The Bertz CT molecular complexity index is 503. The number of amides is 1. The van der Waals surface area contributed by atoms with Crippen LogP contribution in [0.4, 0.5) is 0 Å². The van der Waals surface area contributed by atoms with E-state index in [0.29, 0.717) is 25.3 Å². The lowest BCUT2D eigenvalue weighted by Gasteiger charge is -2.32. The Balaban J connectivity index is 1.99. The van der Waals surface area contributed by atoms with Crippen molar-refractivity contribution < 1.29 is 19.4 Å². The Labute approximate surface area is 128 Å². The fourth-order valence-corrected chi connectivity index (χ4v) is 2.84. The average Bonchev–Trinajstić information content (AvgIpc) is 2.47. The highest BCUT2D eigenvalue weighted by Gasteiger charge is 2.26. The molecule has 1 saturated heterocycles. The maximum atomic E-state index is 12.4. The van der Waals surface area contributed by atoms with Gasteiger partial charge in [-0.1, -0.05) is 12.1 Å². The fourth-order valence-electron chi connectivity index (χ4n) is 2.31. The van der Waals surface area contributed by atoms with Gasteiger partial charge in [0.15, 0.2) is 0 Å². The number of ether oxygens (including phenoxy) is 1. The van der Waals surface area contributed by atoms with Gasteiger partial charge in [-0.05, 0) is 24.0 Å². The van der Waals surface area contributed by atoms with Gasteiger partial charge < -0.3 is 14.7 Å². The van der Waals surface area contributed by atoms with Crippen molar-refractivity contribution in [1.29, 1.82) is 0 Å². The highest BCUT2D eigenvalue weighted by Crippen LogP contribution is 2.15. The molecule has 1 aromatic rings. The van der Waals surface area contributed by atoms with Gasteiger partial charge in [-0.25, -0.2) is 0 Å². The average molecular weight is 309 g/mol. The van der Waals surface area contributed by atoms with Crippen LogP contribution in [0.2, 0.25) is 0 Å². The molecule has 1 fully saturated rings. The van der Waals surface area contributed by atoms with Crippen molar-refractivity contribution in [2.45, 2.75) is 18.3 Å². The molecule has 1 aliphatic heterocycles. The molecule has 0 aromatic heterocycles. The van der Waals surface area contributed by atoms with E-state index in [2.05, 4.69) is 0 Å². The number of carboxylic acids is 1. The van der Waals surface area contributed by atoms with E-state index in [0.717, 1.165) is 5.75 Å². The topological polar surface area (TPSA) is 66.8 Å². The van der Waals surface area contributed by atoms with Crippen LogP contribution in [0.5, 0.6) is 0 Å². The highest BCUT2D eigenvalue weighted by molar-refractivity contribution is 7.97. The van der Waals surface area contributed by atoms with Crippen LogP contribution in [0.25, 0.3) is 0 Å². The van der Waals surface area contributed by atoms with E-state index < -0.39 is 12.1 Å². The number of benzene rings is 1. The summed E-state index contributed by atoms with van der Waals surface area (Å²) in [5.74, 6) is -0.0488. The minimum Gasteiger partial charge on any atom is -0.481 e. The number of carbonyl (C=O) groups excluding carboxylic acids is 1. The SMILES string of the molecule is CSCc1ccc(C(=O)N2CCOC(CC(=O)O)C2)cc1. The molecule has 2 rings (SSSR count). The van der Waals surface area contributed by atoms with Crippen LogP contribution in [0.1, 0.15) is 22.3 Å². The zero-order valence-electron chi connectivity index (χ0n) is 11.9. The molecule has 1 aromatic carbocycles. The molecule has 0 radical (unpaired) electrons. The molecule has 1 atom stereocenters. The summed E-state index contributed by atoms with van der Waals surface area (Å²) in [6.45, 7) is 1.22.